The molecule has 2 heterocycles. The SMILES string of the molecule is CC1CCC(n2cc3cc(NC(=O)c4cccc(C(F)(F)F)n4)c(C#N)cc3n2)CC1. The van der Waals surface area contributed by atoms with E-state index in [4.69, 9.17) is 0 Å². The average molecular weight is 427 g/mol. The van der Waals surface area contributed by atoms with E-state index in [-0.39, 0.29) is 16.9 Å². The van der Waals surface area contributed by atoms with Crippen LogP contribution in [0.5, 0.6) is 0 Å². The van der Waals surface area contributed by atoms with Crippen molar-refractivity contribution in [2.24, 2.45) is 5.92 Å². The smallest absolute Gasteiger partial charge is 0.319 e. The minimum Gasteiger partial charge on any atom is -0.319 e. The molecular formula is C22H20F3N5O. The van der Waals surface area contributed by atoms with Crippen molar-refractivity contribution >= 4 is 22.5 Å². The van der Waals surface area contributed by atoms with Crippen LogP contribution in [-0.2, 0) is 6.18 Å². The van der Waals surface area contributed by atoms with Crippen molar-refractivity contribution in [3.63, 3.8) is 0 Å². The fourth-order valence-electron chi connectivity index (χ4n) is 3.89. The molecule has 1 N–H and O–H groups in total. The summed E-state index contributed by atoms with van der Waals surface area (Å²) in [4.78, 5) is 15.9. The number of rotatable bonds is 3. The topological polar surface area (TPSA) is 83.6 Å². The van der Waals surface area contributed by atoms with E-state index in [0.717, 1.165) is 43.2 Å². The van der Waals surface area contributed by atoms with Gasteiger partial charge in [-0.15, -0.1) is 0 Å². The summed E-state index contributed by atoms with van der Waals surface area (Å²) in [6.07, 6.45) is 1.56. The molecule has 4 rings (SSSR count). The van der Waals surface area contributed by atoms with Gasteiger partial charge in [0.25, 0.3) is 5.91 Å². The molecule has 160 valence electrons. The molecule has 31 heavy (non-hydrogen) atoms. The quantitative estimate of drug-likeness (QED) is 0.613. The van der Waals surface area contributed by atoms with Gasteiger partial charge in [-0.2, -0.15) is 23.5 Å². The van der Waals surface area contributed by atoms with Crippen LogP contribution in [0.4, 0.5) is 18.9 Å². The molecule has 0 radical (unpaired) electrons. The highest BCUT2D eigenvalue weighted by atomic mass is 19.4. The maximum atomic E-state index is 12.9. The summed E-state index contributed by atoms with van der Waals surface area (Å²) in [5, 5.41) is 17.4. The van der Waals surface area contributed by atoms with Crippen LogP contribution in [0.3, 0.4) is 0 Å². The van der Waals surface area contributed by atoms with Gasteiger partial charge >= 0.3 is 6.18 Å². The van der Waals surface area contributed by atoms with Crippen LogP contribution in [-0.4, -0.2) is 20.7 Å². The van der Waals surface area contributed by atoms with Crippen molar-refractivity contribution in [1.82, 2.24) is 14.8 Å². The Hall–Kier alpha value is -3.41. The molecule has 9 heteroatoms. The summed E-state index contributed by atoms with van der Waals surface area (Å²) >= 11 is 0. The number of hydrogen-bond acceptors (Lipinski definition) is 4. The van der Waals surface area contributed by atoms with E-state index in [9.17, 15) is 23.2 Å². The molecule has 1 fully saturated rings. The Kier molecular flexibility index (Phi) is 5.39. The van der Waals surface area contributed by atoms with Crippen molar-refractivity contribution in [2.75, 3.05) is 5.32 Å². The highest BCUT2D eigenvalue weighted by Gasteiger charge is 2.33. The molecule has 0 unspecified atom stereocenters. The minimum absolute atomic E-state index is 0.176. The highest BCUT2D eigenvalue weighted by Crippen LogP contribution is 2.33. The second kappa shape index (κ2) is 8.02. The van der Waals surface area contributed by atoms with Crippen LogP contribution in [0.2, 0.25) is 0 Å². The van der Waals surface area contributed by atoms with E-state index in [1.165, 1.54) is 6.07 Å². The van der Waals surface area contributed by atoms with E-state index < -0.39 is 17.8 Å². The van der Waals surface area contributed by atoms with Gasteiger partial charge in [0.2, 0.25) is 0 Å². The van der Waals surface area contributed by atoms with Crippen LogP contribution >= 0.6 is 0 Å². The summed E-state index contributed by atoms with van der Waals surface area (Å²) in [6.45, 7) is 2.24. The lowest BCUT2D eigenvalue weighted by Crippen LogP contribution is -2.17. The van der Waals surface area contributed by atoms with Gasteiger partial charge in [-0.1, -0.05) is 13.0 Å². The third-order valence-corrected chi connectivity index (χ3v) is 5.66. The van der Waals surface area contributed by atoms with Gasteiger partial charge in [0.15, 0.2) is 0 Å². The van der Waals surface area contributed by atoms with Crippen LogP contribution in [0, 0.1) is 17.2 Å². The number of nitrogens with one attached hydrogen (secondary N) is 1. The van der Waals surface area contributed by atoms with E-state index in [0.29, 0.717) is 17.5 Å². The van der Waals surface area contributed by atoms with Gasteiger partial charge in [-0.3, -0.25) is 9.48 Å². The fourth-order valence-corrected chi connectivity index (χ4v) is 3.89. The first-order valence-corrected chi connectivity index (χ1v) is 10.0. The molecule has 1 aliphatic carbocycles. The Balaban J connectivity index is 1.61. The molecule has 0 atom stereocenters. The summed E-state index contributed by atoms with van der Waals surface area (Å²) in [6, 6.07) is 8.61. The van der Waals surface area contributed by atoms with Gasteiger partial charge in [0.05, 0.1) is 22.8 Å². The standard InChI is InChI=1S/C22H20F3N5O/c1-13-5-7-16(8-6-13)30-12-15-10-18(14(11-26)9-19(15)29-30)28-21(31)17-3-2-4-20(27-17)22(23,24)25/h2-4,9-10,12-13,16H,5-8H2,1H3,(H,28,31). The summed E-state index contributed by atoms with van der Waals surface area (Å²) in [7, 11) is 0. The zero-order valence-electron chi connectivity index (χ0n) is 16.8. The molecule has 2 aromatic heterocycles. The molecule has 1 aliphatic rings. The number of hydrogen-bond donors (Lipinski definition) is 1. The monoisotopic (exact) mass is 427 g/mol. The Morgan fingerprint density at radius 1 is 1.23 bits per heavy atom. The Morgan fingerprint density at radius 3 is 2.65 bits per heavy atom. The molecule has 0 bridgehead atoms. The largest absolute Gasteiger partial charge is 0.433 e. The highest BCUT2D eigenvalue weighted by molar-refractivity contribution is 6.04. The molecule has 3 aromatic rings. The second-order valence-corrected chi connectivity index (χ2v) is 7.95. The Labute approximate surface area is 176 Å². The lowest BCUT2D eigenvalue weighted by Gasteiger charge is -2.26. The summed E-state index contributed by atoms with van der Waals surface area (Å²) in [5.74, 6) is -0.117. The van der Waals surface area contributed by atoms with E-state index in [1.807, 2.05) is 16.9 Å². The fraction of sp³-hybridized carbons (Fsp3) is 0.364. The number of nitrogens with zero attached hydrogens (tertiary/aromatic N) is 4. The predicted molar refractivity (Wildman–Crippen MR) is 108 cm³/mol. The van der Waals surface area contributed by atoms with Gasteiger partial charge < -0.3 is 5.32 Å². The number of nitriles is 1. The van der Waals surface area contributed by atoms with Gasteiger partial charge in [-0.05, 0) is 55.9 Å². The van der Waals surface area contributed by atoms with Crippen molar-refractivity contribution in [3.05, 3.63) is 53.5 Å². The molecule has 0 aliphatic heterocycles. The van der Waals surface area contributed by atoms with Crippen molar-refractivity contribution in [1.29, 1.82) is 5.26 Å². The molecule has 1 saturated carbocycles. The lowest BCUT2D eigenvalue weighted by molar-refractivity contribution is -0.141. The van der Waals surface area contributed by atoms with Gasteiger partial charge in [0, 0.05) is 11.6 Å². The first-order chi connectivity index (χ1) is 14.7. The molecule has 0 spiro atoms. The number of fused-ring (bicyclic) bond motifs is 1. The third-order valence-electron chi connectivity index (χ3n) is 5.66. The number of carbonyl (C=O) groups is 1. The first-order valence-electron chi connectivity index (χ1n) is 10.0. The first kappa shape index (κ1) is 20.8. The van der Waals surface area contributed by atoms with Crippen LogP contribution in [0.1, 0.15) is 60.4 Å². The van der Waals surface area contributed by atoms with Crippen molar-refractivity contribution < 1.29 is 18.0 Å². The van der Waals surface area contributed by atoms with Crippen molar-refractivity contribution in [3.8, 4) is 6.07 Å². The number of halogens is 3. The second-order valence-electron chi connectivity index (χ2n) is 7.95. The number of aromatic nitrogens is 3. The molecule has 1 amide bonds. The van der Waals surface area contributed by atoms with Crippen LogP contribution in [0.25, 0.3) is 10.9 Å². The maximum absolute atomic E-state index is 12.9. The van der Waals surface area contributed by atoms with E-state index in [1.54, 1.807) is 12.1 Å². The predicted octanol–water partition coefficient (Wildman–Crippen LogP) is 5.33. The Bertz CT molecular complexity index is 1170. The lowest BCUT2D eigenvalue weighted by atomic mass is 9.87. The van der Waals surface area contributed by atoms with Gasteiger partial charge in [-0.25, -0.2) is 4.98 Å². The zero-order chi connectivity index (χ0) is 22.2. The van der Waals surface area contributed by atoms with Gasteiger partial charge in [0.1, 0.15) is 17.5 Å². The third kappa shape index (κ3) is 4.38. The van der Waals surface area contributed by atoms with E-state index >= 15 is 0 Å². The number of carbonyl (C=O) groups excluding carboxylic acids is 1. The van der Waals surface area contributed by atoms with Crippen molar-refractivity contribution in [2.45, 2.75) is 44.8 Å². The zero-order valence-corrected chi connectivity index (χ0v) is 16.8. The Morgan fingerprint density at radius 2 is 1.97 bits per heavy atom. The number of anilines is 1. The normalized spacial score (nSPS) is 19.2. The average Bonchev–Trinajstić information content (AvgIpc) is 3.16. The minimum atomic E-state index is -4.65. The summed E-state index contributed by atoms with van der Waals surface area (Å²) < 4.78 is 40.6. The van der Waals surface area contributed by atoms with E-state index in [2.05, 4.69) is 22.3 Å². The molecular weight excluding hydrogens is 407 g/mol. The number of pyridine rings is 1. The maximum Gasteiger partial charge on any atom is 0.433 e. The number of amides is 1. The number of benzene rings is 1. The number of alkyl halides is 3. The molecule has 6 nitrogen and oxygen atoms in total. The van der Waals surface area contributed by atoms with Crippen LogP contribution in [0.15, 0.2) is 36.5 Å². The molecule has 1 aromatic carbocycles. The molecule has 0 saturated heterocycles. The summed E-state index contributed by atoms with van der Waals surface area (Å²) in [5.41, 5.74) is -0.526. The van der Waals surface area contributed by atoms with Crippen LogP contribution < -0.4 is 5.32 Å².